The highest BCUT2D eigenvalue weighted by Crippen LogP contribution is 2.26. The molecule has 20 heavy (non-hydrogen) atoms. The van der Waals surface area contributed by atoms with Crippen molar-refractivity contribution in [3.05, 3.63) is 47.4 Å². The number of aliphatic carboxylic acids is 1. The van der Waals surface area contributed by atoms with Crippen LogP contribution in [-0.4, -0.2) is 30.7 Å². The lowest BCUT2D eigenvalue weighted by Crippen LogP contribution is -2.02. The predicted octanol–water partition coefficient (Wildman–Crippen LogP) is 2.07. The van der Waals surface area contributed by atoms with Gasteiger partial charge in [0, 0.05) is 16.8 Å². The van der Waals surface area contributed by atoms with Crippen molar-refractivity contribution in [3.63, 3.8) is 0 Å². The molecule has 0 spiro atoms. The normalized spacial score (nSPS) is 10.8. The number of aromatic nitrogens is 4. The fourth-order valence-corrected chi connectivity index (χ4v) is 2.15. The van der Waals surface area contributed by atoms with Gasteiger partial charge in [0.15, 0.2) is 5.82 Å². The Hall–Kier alpha value is -2.47. The summed E-state index contributed by atoms with van der Waals surface area (Å²) in [7, 11) is 0. The molecule has 0 amide bonds. The number of carboxylic acids is 1. The van der Waals surface area contributed by atoms with Crippen LogP contribution in [0.15, 0.2) is 36.5 Å². The number of hydrogen-bond acceptors (Lipinski definition) is 4. The second kappa shape index (κ2) is 4.90. The Kier molecular flexibility index (Phi) is 3.08. The minimum Gasteiger partial charge on any atom is -0.481 e. The van der Waals surface area contributed by atoms with Crippen LogP contribution in [0.25, 0.3) is 17.0 Å². The van der Waals surface area contributed by atoms with Crippen molar-refractivity contribution in [2.24, 2.45) is 0 Å². The summed E-state index contributed by atoms with van der Waals surface area (Å²) in [4.78, 5) is 18.9. The van der Waals surface area contributed by atoms with Gasteiger partial charge in [-0.2, -0.15) is 9.50 Å². The second-order valence-electron chi connectivity index (χ2n) is 4.12. The van der Waals surface area contributed by atoms with Gasteiger partial charge in [0.25, 0.3) is 5.78 Å². The molecule has 0 fully saturated rings. The van der Waals surface area contributed by atoms with Crippen LogP contribution in [0, 0.1) is 0 Å². The smallest absolute Gasteiger partial charge is 0.311 e. The van der Waals surface area contributed by atoms with Crippen molar-refractivity contribution in [3.8, 4) is 11.3 Å². The number of benzene rings is 1. The molecular formula is C13H9ClN4O2. The van der Waals surface area contributed by atoms with Crippen LogP contribution < -0.4 is 0 Å². The molecule has 1 aromatic carbocycles. The molecule has 0 bridgehead atoms. The molecule has 6 nitrogen and oxygen atoms in total. The van der Waals surface area contributed by atoms with E-state index >= 15 is 0 Å². The zero-order valence-corrected chi connectivity index (χ0v) is 10.9. The summed E-state index contributed by atoms with van der Waals surface area (Å²) in [6, 6.07) is 9.09. The van der Waals surface area contributed by atoms with E-state index in [1.54, 1.807) is 18.3 Å². The van der Waals surface area contributed by atoms with Crippen LogP contribution in [0.2, 0.25) is 5.02 Å². The lowest BCUT2D eigenvalue weighted by atomic mass is 10.1. The van der Waals surface area contributed by atoms with Crippen LogP contribution in [0.5, 0.6) is 0 Å². The van der Waals surface area contributed by atoms with Crippen molar-refractivity contribution in [1.29, 1.82) is 0 Å². The largest absolute Gasteiger partial charge is 0.481 e. The van der Waals surface area contributed by atoms with E-state index in [0.29, 0.717) is 16.5 Å². The van der Waals surface area contributed by atoms with E-state index in [-0.39, 0.29) is 12.2 Å². The zero-order chi connectivity index (χ0) is 14.1. The minimum atomic E-state index is -0.986. The van der Waals surface area contributed by atoms with Crippen LogP contribution in [0.4, 0.5) is 0 Å². The Morgan fingerprint density at radius 2 is 2.10 bits per heavy atom. The van der Waals surface area contributed by atoms with Gasteiger partial charge in [-0.25, -0.2) is 4.98 Å². The standard InChI is InChI=1S/C13H9ClN4O2/c14-9-4-2-1-3-8(9)10-5-6-15-13-16-11(7-12(19)20)17-18(10)13/h1-6H,7H2,(H,19,20). The molecule has 7 heteroatoms. The zero-order valence-electron chi connectivity index (χ0n) is 10.2. The molecule has 0 saturated carbocycles. The number of rotatable bonds is 3. The van der Waals surface area contributed by atoms with Gasteiger partial charge in [0.05, 0.1) is 5.69 Å². The summed E-state index contributed by atoms with van der Waals surface area (Å²) >= 11 is 6.17. The maximum absolute atomic E-state index is 10.7. The van der Waals surface area contributed by atoms with Gasteiger partial charge in [-0.3, -0.25) is 4.79 Å². The van der Waals surface area contributed by atoms with Crippen molar-refractivity contribution < 1.29 is 9.90 Å². The molecule has 0 aliphatic rings. The van der Waals surface area contributed by atoms with E-state index in [0.717, 1.165) is 5.56 Å². The molecule has 0 radical (unpaired) electrons. The topological polar surface area (TPSA) is 80.4 Å². The van der Waals surface area contributed by atoms with Gasteiger partial charge >= 0.3 is 5.97 Å². The molecule has 100 valence electrons. The summed E-state index contributed by atoms with van der Waals surface area (Å²) in [5, 5.41) is 13.5. The predicted molar refractivity (Wildman–Crippen MR) is 72.6 cm³/mol. The van der Waals surface area contributed by atoms with Crippen molar-refractivity contribution in [2.75, 3.05) is 0 Å². The monoisotopic (exact) mass is 288 g/mol. The highest BCUT2D eigenvalue weighted by molar-refractivity contribution is 6.33. The van der Waals surface area contributed by atoms with Crippen molar-refractivity contribution in [2.45, 2.75) is 6.42 Å². The fraction of sp³-hybridized carbons (Fsp3) is 0.0769. The molecule has 0 aliphatic carbocycles. The minimum absolute atomic E-state index is 0.213. The number of carbonyl (C=O) groups is 1. The maximum Gasteiger partial charge on any atom is 0.311 e. The highest BCUT2D eigenvalue weighted by Gasteiger charge is 2.13. The average Bonchev–Trinajstić information content (AvgIpc) is 2.80. The van der Waals surface area contributed by atoms with E-state index in [1.807, 2.05) is 18.2 Å². The Morgan fingerprint density at radius 1 is 1.30 bits per heavy atom. The van der Waals surface area contributed by atoms with Gasteiger partial charge < -0.3 is 5.11 Å². The van der Waals surface area contributed by atoms with E-state index in [9.17, 15) is 4.79 Å². The highest BCUT2D eigenvalue weighted by atomic mass is 35.5. The Bertz CT molecular complexity index is 800. The van der Waals surface area contributed by atoms with E-state index in [2.05, 4.69) is 15.1 Å². The summed E-state index contributed by atoms with van der Waals surface area (Å²) in [5.74, 6) is -0.427. The lowest BCUT2D eigenvalue weighted by Gasteiger charge is -2.05. The average molecular weight is 289 g/mol. The lowest BCUT2D eigenvalue weighted by molar-refractivity contribution is -0.136. The maximum atomic E-state index is 10.7. The first-order valence-corrected chi connectivity index (χ1v) is 6.20. The van der Waals surface area contributed by atoms with Gasteiger partial charge in [-0.05, 0) is 12.1 Å². The molecule has 2 aromatic heterocycles. The number of fused-ring (bicyclic) bond motifs is 1. The first kappa shape index (κ1) is 12.6. The first-order chi connectivity index (χ1) is 9.65. The summed E-state index contributed by atoms with van der Waals surface area (Å²) < 4.78 is 1.50. The van der Waals surface area contributed by atoms with Gasteiger partial charge in [0.1, 0.15) is 6.42 Å². The molecule has 0 atom stereocenters. The van der Waals surface area contributed by atoms with E-state index in [4.69, 9.17) is 16.7 Å². The summed E-state index contributed by atoms with van der Waals surface area (Å²) in [5.41, 5.74) is 1.50. The SMILES string of the molecule is O=C(O)Cc1nc2nccc(-c3ccccc3Cl)n2n1. The van der Waals surface area contributed by atoms with Gasteiger partial charge in [-0.1, -0.05) is 29.8 Å². The number of hydrogen-bond donors (Lipinski definition) is 1. The molecule has 1 N–H and O–H groups in total. The quantitative estimate of drug-likeness (QED) is 0.798. The fourth-order valence-electron chi connectivity index (χ4n) is 1.92. The van der Waals surface area contributed by atoms with Crippen LogP contribution in [0.1, 0.15) is 5.82 Å². The van der Waals surface area contributed by atoms with Gasteiger partial charge in [0.2, 0.25) is 0 Å². The van der Waals surface area contributed by atoms with Crippen molar-refractivity contribution in [1.82, 2.24) is 19.6 Å². The molecule has 0 saturated heterocycles. The third-order valence-corrected chi connectivity index (χ3v) is 3.07. The first-order valence-electron chi connectivity index (χ1n) is 5.82. The molecule has 3 aromatic rings. The molecule has 0 aliphatic heterocycles. The molecular weight excluding hydrogens is 280 g/mol. The summed E-state index contributed by atoms with van der Waals surface area (Å²) in [6.45, 7) is 0. The molecule has 2 heterocycles. The second-order valence-corrected chi connectivity index (χ2v) is 4.53. The Balaban J connectivity index is 2.19. The van der Waals surface area contributed by atoms with Gasteiger partial charge in [-0.15, -0.1) is 5.10 Å². The summed E-state index contributed by atoms with van der Waals surface area (Å²) in [6.07, 6.45) is 1.35. The van der Waals surface area contributed by atoms with E-state index < -0.39 is 5.97 Å². The molecule has 0 unspecified atom stereocenters. The van der Waals surface area contributed by atoms with E-state index in [1.165, 1.54) is 4.52 Å². The third-order valence-electron chi connectivity index (χ3n) is 2.74. The number of carboxylic acid groups (broad SMARTS) is 1. The Morgan fingerprint density at radius 3 is 2.85 bits per heavy atom. The van der Waals surface area contributed by atoms with Crippen LogP contribution in [-0.2, 0) is 11.2 Å². The number of nitrogens with zero attached hydrogens (tertiary/aromatic N) is 4. The third kappa shape index (κ3) is 2.21. The number of halogens is 1. The Labute approximate surface area is 118 Å². The molecule has 3 rings (SSSR count). The van der Waals surface area contributed by atoms with Crippen LogP contribution >= 0.6 is 11.6 Å². The van der Waals surface area contributed by atoms with Crippen LogP contribution in [0.3, 0.4) is 0 Å². The van der Waals surface area contributed by atoms with Crippen molar-refractivity contribution >= 4 is 23.3 Å².